The number of nitrogens with two attached hydrogens (primary N) is 1. The maximum Gasteiger partial charge on any atom is 0.143 e. The predicted octanol–water partition coefficient (Wildman–Crippen LogP) is 1.54. The average Bonchev–Trinajstić information content (AvgIpc) is 2.63. The van der Waals surface area contributed by atoms with Gasteiger partial charge in [0.05, 0.1) is 5.69 Å². The van der Waals surface area contributed by atoms with Crippen LogP contribution in [0, 0.1) is 5.82 Å². The third-order valence-electron chi connectivity index (χ3n) is 2.57. The van der Waals surface area contributed by atoms with Crippen molar-refractivity contribution in [1.82, 2.24) is 5.32 Å². The molecule has 0 unspecified atom stereocenters. The second kappa shape index (κ2) is 3.46. The van der Waals surface area contributed by atoms with Gasteiger partial charge in [0.1, 0.15) is 11.6 Å². The van der Waals surface area contributed by atoms with E-state index in [1.165, 1.54) is 6.07 Å². The van der Waals surface area contributed by atoms with Crippen molar-refractivity contribution >= 4 is 5.69 Å². The van der Waals surface area contributed by atoms with Crippen molar-refractivity contribution in [2.45, 2.75) is 18.9 Å². The Kier molecular flexibility index (Phi) is 2.29. The number of halogens is 1. The van der Waals surface area contributed by atoms with Gasteiger partial charge in [0, 0.05) is 17.7 Å². The van der Waals surface area contributed by atoms with Crippen molar-refractivity contribution in [3.8, 4) is 5.75 Å². The minimum absolute atomic E-state index is 0.00537. The number of anilines is 1. The number of hydrogen-bond donors (Lipinski definition) is 3. The van der Waals surface area contributed by atoms with Gasteiger partial charge in [-0.15, -0.1) is 0 Å². The second-order valence-electron chi connectivity index (χ2n) is 3.58. The monoisotopic (exact) mass is 196 g/mol. The maximum atomic E-state index is 13.0. The van der Waals surface area contributed by atoms with Crippen LogP contribution in [0.1, 0.15) is 24.4 Å². The summed E-state index contributed by atoms with van der Waals surface area (Å²) in [5.74, 6) is -0.394. The fourth-order valence-electron chi connectivity index (χ4n) is 1.86. The normalized spacial score (nSPS) is 21.4. The fourth-order valence-corrected chi connectivity index (χ4v) is 1.86. The lowest BCUT2D eigenvalue weighted by Gasteiger charge is -2.13. The Morgan fingerprint density at radius 3 is 2.93 bits per heavy atom. The number of hydrogen-bond acceptors (Lipinski definition) is 3. The van der Waals surface area contributed by atoms with Crippen LogP contribution in [-0.2, 0) is 0 Å². The van der Waals surface area contributed by atoms with E-state index < -0.39 is 5.82 Å². The van der Waals surface area contributed by atoms with E-state index in [0.717, 1.165) is 25.5 Å². The van der Waals surface area contributed by atoms with Gasteiger partial charge < -0.3 is 16.2 Å². The van der Waals surface area contributed by atoms with Crippen LogP contribution in [-0.4, -0.2) is 11.7 Å². The van der Waals surface area contributed by atoms with Gasteiger partial charge in [0.15, 0.2) is 0 Å². The molecule has 0 saturated carbocycles. The molecular weight excluding hydrogens is 183 g/mol. The highest BCUT2D eigenvalue weighted by atomic mass is 19.1. The molecule has 1 aromatic rings. The zero-order valence-corrected chi connectivity index (χ0v) is 7.76. The summed E-state index contributed by atoms with van der Waals surface area (Å²) in [4.78, 5) is 0. The average molecular weight is 196 g/mol. The molecule has 1 atom stereocenters. The van der Waals surface area contributed by atoms with Crippen LogP contribution in [0.15, 0.2) is 12.1 Å². The first kappa shape index (κ1) is 9.27. The minimum atomic E-state index is -0.399. The molecule has 0 spiro atoms. The summed E-state index contributed by atoms with van der Waals surface area (Å²) in [6.45, 7) is 0.903. The van der Waals surface area contributed by atoms with Gasteiger partial charge in [-0.05, 0) is 25.5 Å². The molecule has 0 aromatic heterocycles. The molecule has 1 aliphatic heterocycles. The van der Waals surface area contributed by atoms with Gasteiger partial charge in [-0.25, -0.2) is 4.39 Å². The zero-order chi connectivity index (χ0) is 10.1. The summed E-state index contributed by atoms with van der Waals surface area (Å²) in [6, 6.07) is 2.51. The molecule has 1 aliphatic rings. The lowest BCUT2D eigenvalue weighted by molar-refractivity contribution is 0.456. The Hall–Kier alpha value is -1.29. The van der Waals surface area contributed by atoms with E-state index >= 15 is 0 Å². The lowest BCUT2D eigenvalue weighted by Crippen LogP contribution is -2.13. The van der Waals surface area contributed by atoms with E-state index in [-0.39, 0.29) is 17.5 Å². The predicted molar refractivity (Wildman–Crippen MR) is 52.5 cm³/mol. The summed E-state index contributed by atoms with van der Waals surface area (Å²) < 4.78 is 13.0. The summed E-state index contributed by atoms with van der Waals surface area (Å²) >= 11 is 0. The fraction of sp³-hybridized carbons (Fsp3) is 0.400. The van der Waals surface area contributed by atoms with Crippen molar-refractivity contribution < 1.29 is 9.50 Å². The van der Waals surface area contributed by atoms with Crippen LogP contribution in [0.3, 0.4) is 0 Å². The van der Waals surface area contributed by atoms with Gasteiger partial charge in [0.2, 0.25) is 0 Å². The molecule has 0 amide bonds. The van der Waals surface area contributed by atoms with E-state index in [2.05, 4.69) is 5.32 Å². The van der Waals surface area contributed by atoms with E-state index in [4.69, 9.17) is 5.73 Å². The van der Waals surface area contributed by atoms with E-state index in [9.17, 15) is 9.50 Å². The number of phenolic OH excluding ortho intramolecular Hbond substituents is 1. The highest BCUT2D eigenvalue weighted by Crippen LogP contribution is 2.34. The Bertz CT molecular complexity index is 348. The standard InChI is InChI=1S/C10H13FN2O/c11-6-4-7(9-2-1-3-13-9)10(14)8(12)5-6/h4-5,9,13-14H,1-3,12H2/t9-/m1/s1. The lowest BCUT2D eigenvalue weighted by atomic mass is 10.0. The number of rotatable bonds is 1. The largest absolute Gasteiger partial charge is 0.505 e. The van der Waals surface area contributed by atoms with Crippen LogP contribution < -0.4 is 11.1 Å². The zero-order valence-electron chi connectivity index (χ0n) is 7.76. The van der Waals surface area contributed by atoms with Gasteiger partial charge in [0.25, 0.3) is 0 Å². The third kappa shape index (κ3) is 1.53. The van der Waals surface area contributed by atoms with Crippen molar-refractivity contribution in [3.63, 3.8) is 0 Å². The molecule has 4 N–H and O–H groups in total. The van der Waals surface area contributed by atoms with Crippen molar-refractivity contribution in [2.75, 3.05) is 12.3 Å². The molecular formula is C10H13FN2O. The van der Waals surface area contributed by atoms with Crippen molar-refractivity contribution in [1.29, 1.82) is 0 Å². The molecule has 0 bridgehead atoms. The topological polar surface area (TPSA) is 58.3 Å². The molecule has 0 radical (unpaired) electrons. The summed E-state index contributed by atoms with van der Waals surface area (Å²) in [5, 5.41) is 12.8. The molecule has 1 saturated heterocycles. The van der Waals surface area contributed by atoms with Gasteiger partial charge in [-0.1, -0.05) is 0 Å². The highest BCUT2D eigenvalue weighted by molar-refractivity contribution is 5.57. The number of nitrogens with one attached hydrogen (secondary N) is 1. The molecule has 0 aliphatic carbocycles. The van der Waals surface area contributed by atoms with E-state index in [0.29, 0.717) is 5.56 Å². The van der Waals surface area contributed by atoms with Crippen LogP contribution in [0.25, 0.3) is 0 Å². The molecule has 1 aromatic carbocycles. The smallest absolute Gasteiger partial charge is 0.143 e. The maximum absolute atomic E-state index is 13.0. The Morgan fingerprint density at radius 1 is 1.50 bits per heavy atom. The number of nitrogen functional groups attached to an aromatic ring is 1. The minimum Gasteiger partial charge on any atom is -0.505 e. The first-order valence-electron chi connectivity index (χ1n) is 4.70. The highest BCUT2D eigenvalue weighted by Gasteiger charge is 2.21. The SMILES string of the molecule is Nc1cc(F)cc([C@H]2CCCN2)c1O. The Labute approximate surface area is 81.7 Å². The molecule has 4 heteroatoms. The van der Waals surface area contributed by atoms with Gasteiger partial charge in [-0.3, -0.25) is 0 Å². The summed E-state index contributed by atoms with van der Waals surface area (Å²) in [5.41, 5.74) is 6.15. The second-order valence-corrected chi connectivity index (χ2v) is 3.58. The van der Waals surface area contributed by atoms with Crippen LogP contribution in [0.5, 0.6) is 5.75 Å². The first-order chi connectivity index (χ1) is 6.68. The number of benzene rings is 1. The first-order valence-corrected chi connectivity index (χ1v) is 4.70. The quantitative estimate of drug-likeness (QED) is 0.471. The number of aromatic hydroxyl groups is 1. The summed E-state index contributed by atoms with van der Waals surface area (Å²) in [6.07, 6.45) is 1.96. The molecule has 1 heterocycles. The third-order valence-corrected chi connectivity index (χ3v) is 2.57. The van der Waals surface area contributed by atoms with Crippen LogP contribution in [0.2, 0.25) is 0 Å². The number of phenols is 1. The van der Waals surface area contributed by atoms with Gasteiger partial charge in [-0.2, -0.15) is 0 Å². The van der Waals surface area contributed by atoms with Crippen molar-refractivity contribution in [2.24, 2.45) is 0 Å². The van der Waals surface area contributed by atoms with Crippen LogP contribution in [0.4, 0.5) is 10.1 Å². The molecule has 14 heavy (non-hydrogen) atoms. The summed E-state index contributed by atoms with van der Waals surface area (Å²) in [7, 11) is 0. The molecule has 1 fully saturated rings. The van der Waals surface area contributed by atoms with E-state index in [1.807, 2.05) is 0 Å². The van der Waals surface area contributed by atoms with E-state index in [1.54, 1.807) is 0 Å². The molecule has 2 rings (SSSR count). The Morgan fingerprint density at radius 2 is 2.29 bits per heavy atom. The Balaban J connectivity index is 2.40. The molecule has 3 nitrogen and oxygen atoms in total. The van der Waals surface area contributed by atoms with Crippen LogP contribution >= 0.6 is 0 Å². The van der Waals surface area contributed by atoms with Gasteiger partial charge >= 0.3 is 0 Å². The van der Waals surface area contributed by atoms with Crippen molar-refractivity contribution in [3.05, 3.63) is 23.5 Å². The molecule has 76 valence electrons.